The van der Waals surface area contributed by atoms with E-state index in [9.17, 15) is 4.39 Å². The number of ether oxygens (including phenoxy) is 1. The zero-order valence-electron chi connectivity index (χ0n) is 13.1. The molecule has 2 N–H and O–H groups in total. The van der Waals surface area contributed by atoms with Gasteiger partial charge in [-0.25, -0.2) is 4.39 Å². The maximum atomic E-state index is 14.1. The van der Waals surface area contributed by atoms with Gasteiger partial charge >= 0.3 is 0 Å². The molecule has 0 amide bonds. The van der Waals surface area contributed by atoms with Gasteiger partial charge in [-0.15, -0.1) is 0 Å². The predicted molar refractivity (Wildman–Crippen MR) is 82.8 cm³/mol. The summed E-state index contributed by atoms with van der Waals surface area (Å²) in [5.41, 5.74) is 7.02. The molecule has 1 saturated heterocycles. The van der Waals surface area contributed by atoms with E-state index in [-0.39, 0.29) is 22.9 Å². The fraction of sp³-hybridized carbons (Fsp3) is 0.647. The van der Waals surface area contributed by atoms with Crippen LogP contribution in [-0.2, 0) is 4.74 Å². The molecular formula is C17H25FN2O. The SMILES string of the molecule is CCN(CC1(N)C2CCOC2C1(C)C)c1ccccc1F. The van der Waals surface area contributed by atoms with Gasteiger partial charge < -0.3 is 15.4 Å². The Kier molecular flexibility index (Phi) is 3.49. The lowest BCUT2D eigenvalue weighted by Gasteiger charge is -2.63. The monoisotopic (exact) mass is 292 g/mol. The molecule has 3 rings (SSSR count). The van der Waals surface area contributed by atoms with Crippen LogP contribution in [0.25, 0.3) is 0 Å². The molecule has 1 aliphatic heterocycles. The molecule has 3 atom stereocenters. The molecule has 21 heavy (non-hydrogen) atoms. The molecule has 3 unspecified atom stereocenters. The number of benzene rings is 1. The Morgan fingerprint density at radius 1 is 1.38 bits per heavy atom. The van der Waals surface area contributed by atoms with Crippen molar-refractivity contribution in [2.75, 3.05) is 24.6 Å². The highest BCUT2D eigenvalue weighted by Gasteiger charge is 2.67. The van der Waals surface area contributed by atoms with Crippen molar-refractivity contribution < 1.29 is 9.13 Å². The van der Waals surface area contributed by atoms with Gasteiger partial charge in [-0.05, 0) is 25.5 Å². The molecule has 0 radical (unpaired) electrons. The topological polar surface area (TPSA) is 38.5 Å². The normalized spacial score (nSPS) is 33.4. The Bertz CT molecular complexity index is 533. The summed E-state index contributed by atoms with van der Waals surface area (Å²) < 4.78 is 19.9. The van der Waals surface area contributed by atoms with Crippen molar-refractivity contribution >= 4 is 5.69 Å². The first-order valence-corrected chi connectivity index (χ1v) is 7.82. The fourth-order valence-electron chi connectivity index (χ4n) is 4.19. The van der Waals surface area contributed by atoms with Gasteiger partial charge in [0.25, 0.3) is 0 Å². The first-order valence-electron chi connectivity index (χ1n) is 7.82. The number of hydrogen-bond acceptors (Lipinski definition) is 3. The maximum Gasteiger partial charge on any atom is 0.146 e. The molecule has 1 aromatic rings. The Hall–Kier alpha value is -1.13. The summed E-state index contributed by atoms with van der Waals surface area (Å²) in [5, 5.41) is 0. The van der Waals surface area contributed by atoms with Crippen molar-refractivity contribution in [1.82, 2.24) is 0 Å². The minimum Gasteiger partial charge on any atom is -0.377 e. The molecule has 2 fully saturated rings. The molecule has 2 aliphatic rings. The van der Waals surface area contributed by atoms with E-state index in [1.165, 1.54) is 6.07 Å². The summed E-state index contributed by atoms with van der Waals surface area (Å²) in [6.45, 7) is 8.60. The van der Waals surface area contributed by atoms with Gasteiger partial charge in [0.1, 0.15) is 5.82 Å². The molecule has 4 heteroatoms. The molecule has 0 bridgehead atoms. The Morgan fingerprint density at radius 3 is 2.76 bits per heavy atom. The zero-order chi connectivity index (χ0) is 15.3. The summed E-state index contributed by atoms with van der Waals surface area (Å²) >= 11 is 0. The fourth-order valence-corrected chi connectivity index (χ4v) is 4.19. The second kappa shape index (κ2) is 4.96. The second-order valence-corrected chi connectivity index (χ2v) is 6.91. The molecule has 1 heterocycles. The van der Waals surface area contributed by atoms with E-state index in [2.05, 4.69) is 18.7 Å². The summed E-state index contributed by atoms with van der Waals surface area (Å²) in [7, 11) is 0. The standard InChI is InChI=1S/C17H25FN2O/c1-4-20(14-8-6-5-7-13(14)18)11-17(19)12-9-10-21-15(12)16(17,2)3/h5-8,12,15H,4,9-11,19H2,1-3H3. The lowest BCUT2D eigenvalue weighted by Crippen LogP contribution is -2.78. The van der Waals surface area contributed by atoms with E-state index in [0.717, 1.165) is 19.6 Å². The van der Waals surface area contributed by atoms with Crippen molar-refractivity contribution in [3.8, 4) is 0 Å². The molecule has 3 nitrogen and oxygen atoms in total. The lowest BCUT2D eigenvalue weighted by atomic mass is 9.48. The molecule has 0 aromatic heterocycles. The van der Waals surface area contributed by atoms with Crippen LogP contribution in [0, 0.1) is 17.2 Å². The van der Waals surface area contributed by atoms with E-state index in [0.29, 0.717) is 18.2 Å². The van der Waals surface area contributed by atoms with Gasteiger partial charge in [-0.2, -0.15) is 0 Å². The third-order valence-electron chi connectivity index (χ3n) is 5.69. The second-order valence-electron chi connectivity index (χ2n) is 6.91. The van der Waals surface area contributed by atoms with Gasteiger partial charge in [0.05, 0.1) is 11.8 Å². The Labute approximate surface area is 126 Å². The Balaban J connectivity index is 1.86. The third-order valence-corrected chi connectivity index (χ3v) is 5.69. The number of rotatable bonds is 4. The van der Waals surface area contributed by atoms with E-state index in [1.807, 2.05) is 19.1 Å². The number of fused-ring (bicyclic) bond motifs is 1. The highest BCUT2D eigenvalue weighted by molar-refractivity contribution is 5.48. The van der Waals surface area contributed by atoms with Gasteiger partial charge in [-0.1, -0.05) is 26.0 Å². The summed E-state index contributed by atoms with van der Waals surface area (Å²) in [5.74, 6) is 0.202. The van der Waals surface area contributed by atoms with Crippen LogP contribution in [-0.4, -0.2) is 31.3 Å². The van der Waals surface area contributed by atoms with Crippen LogP contribution in [0.1, 0.15) is 27.2 Å². The Morgan fingerprint density at radius 2 is 2.10 bits per heavy atom. The number of halogens is 1. The van der Waals surface area contributed by atoms with Gasteiger partial charge in [0, 0.05) is 36.6 Å². The number of nitrogens with zero attached hydrogens (tertiary/aromatic N) is 1. The van der Waals surface area contributed by atoms with Crippen LogP contribution in [0.15, 0.2) is 24.3 Å². The predicted octanol–water partition coefficient (Wildman–Crippen LogP) is 2.79. The van der Waals surface area contributed by atoms with Crippen LogP contribution < -0.4 is 10.6 Å². The van der Waals surface area contributed by atoms with Gasteiger partial charge in [0.2, 0.25) is 0 Å². The van der Waals surface area contributed by atoms with Crippen LogP contribution in [0.2, 0.25) is 0 Å². The molecule has 1 saturated carbocycles. The summed E-state index contributed by atoms with van der Waals surface area (Å²) in [6, 6.07) is 6.93. The smallest absolute Gasteiger partial charge is 0.146 e. The quantitative estimate of drug-likeness (QED) is 0.927. The van der Waals surface area contributed by atoms with Crippen LogP contribution in [0.3, 0.4) is 0 Å². The first kappa shape index (κ1) is 14.8. The first-order chi connectivity index (χ1) is 9.91. The molecule has 0 spiro atoms. The summed E-state index contributed by atoms with van der Waals surface area (Å²) in [4.78, 5) is 2.06. The van der Waals surface area contributed by atoms with E-state index in [4.69, 9.17) is 10.5 Å². The summed E-state index contributed by atoms with van der Waals surface area (Å²) in [6.07, 6.45) is 1.27. The van der Waals surface area contributed by atoms with Crippen molar-refractivity contribution in [1.29, 1.82) is 0 Å². The molecule has 1 aliphatic carbocycles. The average Bonchev–Trinajstić information content (AvgIpc) is 2.94. The van der Waals surface area contributed by atoms with Crippen LogP contribution in [0.5, 0.6) is 0 Å². The number of para-hydroxylation sites is 1. The lowest BCUT2D eigenvalue weighted by molar-refractivity contribution is -0.151. The minimum atomic E-state index is -0.327. The number of nitrogens with two attached hydrogens (primary N) is 1. The van der Waals surface area contributed by atoms with E-state index < -0.39 is 0 Å². The van der Waals surface area contributed by atoms with Crippen molar-refractivity contribution in [2.45, 2.75) is 38.8 Å². The average molecular weight is 292 g/mol. The van der Waals surface area contributed by atoms with Crippen LogP contribution >= 0.6 is 0 Å². The van der Waals surface area contributed by atoms with Crippen molar-refractivity contribution in [3.05, 3.63) is 30.1 Å². The van der Waals surface area contributed by atoms with E-state index in [1.54, 1.807) is 6.07 Å². The minimum absolute atomic E-state index is 0.0765. The van der Waals surface area contributed by atoms with Gasteiger partial charge in [0.15, 0.2) is 0 Å². The molecule has 116 valence electrons. The third kappa shape index (κ3) is 2.00. The zero-order valence-corrected chi connectivity index (χ0v) is 13.1. The number of anilines is 1. The van der Waals surface area contributed by atoms with Crippen LogP contribution in [0.4, 0.5) is 10.1 Å². The van der Waals surface area contributed by atoms with E-state index >= 15 is 0 Å². The highest BCUT2D eigenvalue weighted by atomic mass is 19.1. The largest absolute Gasteiger partial charge is 0.377 e. The number of hydrogen-bond donors (Lipinski definition) is 1. The van der Waals surface area contributed by atoms with Crippen molar-refractivity contribution in [2.24, 2.45) is 17.1 Å². The molecular weight excluding hydrogens is 267 g/mol. The maximum absolute atomic E-state index is 14.1. The van der Waals surface area contributed by atoms with Gasteiger partial charge in [-0.3, -0.25) is 0 Å². The number of likely N-dealkylation sites (N-methyl/N-ethyl adjacent to an activating group) is 1. The highest BCUT2D eigenvalue weighted by Crippen LogP contribution is 2.58. The van der Waals surface area contributed by atoms with Crippen molar-refractivity contribution in [3.63, 3.8) is 0 Å². The molecule has 1 aromatic carbocycles.